The Morgan fingerprint density at radius 1 is 1.00 bits per heavy atom. The lowest BCUT2D eigenvalue weighted by Crippen LogP contribution is -2.31. The molecule has 0 aliphatic carbocycles. The summed E-state index contributed by atoms with van der Waals surface area (Å²) in [7, 11) is 0. The number of hydrogen-bond acceptors (Lipinski definition) is 3. The molecule has 2 aromatic carbocycles. The van der Waals surface area contributed by atoms with Crippen LogP contribution in [0.2, 0.25) is 0 Å². The molecular weight excluding hydrogens is 361 g/mol. The van der Waals surface area contributed by atoms with Crippen LogP contribution in [-0.4, -0.2) is 25.4 Å². The van der Waals surface area contributed by atoms with Crippen LogP contribution >= 0.6 is 0 Å². The van der Waals surface area contributed by atoms with Crippen LogP contribution in [0.4, 0.5) is 23.7 Å². The number of hydrogen-bond donors (Lipinski definition) is 2. The maximum Gasteiger partial charge on any atom is 0.422 e. The van der Waals surface area contributed by atoms with Crippen molar-refractivity contribution < 1.29 is 27.4 Å². The lowest BCUT2D eigenvalue weighted by Gasteiger charge is -2.16. The van der Waals surface area contributed by atoms with E-state index in [9.17, 15) is 18.0 Å². The topological polar surface area (TPSA) is 59.6 Å². The molecule has 2 rings (SSSR count). The van der Waals surface area contributed by atoms with Crippen molar-refractivity contribution >= 4 is 11.7 Å². The molecule has 2 N–H and O–H groups in total. The van der Waals surface area contributed by atoms with E-state index in [1.807, 2.05) is 6.92 Å². The lowest BCUT2D eigenvalue weighted by molar-refractivity contribution is -0.153. The van der Waals surface area contributed by atoms with Crippen LogP contribution in [0.3, 0.4) is 0 Å². The van der Waals surface area contributed by atoms with Crippen LogP contribution in [-0.2, 0) is 0 Å². The van der Waals surface area contributed by atoms with E-state index in [4.69, 9.17) is 4.74 Å². The molecule has 8 heteroatoms. The number of carbonyl (C=O) groups excluding carboxylic acids is 1. The number of carbonyl (C=O) groups is 1. The molecule has 0 radical (unpaired) electrons. The van der Waals surface area contributed by atoms with Gasteiger partial charge in [-0.25, -0.2) is 4.79 Å². The molecule has 0 bridgehead atoms. The fraction of sp³-hybridized carbons (Fsp3) is 0.316. The maximum absolute atomic E-state index is 12.1. The van der Waals surface area contributed by atoms with Crippen molar-refractivity contribution in [2.75, 3.05) is 18.5 Å². The maximum atomic E-state index is 12.1. The number of amides is 2. The van der Waals surface area contributed by atoms with Crippen LogP contribution in [0.1, 0.15) is 25.5 Å². The molecule has 0 heterocycles. The van der Waals surface area contributed by atoms with E-state index in [-0.39, 0.29) is 11.8 Å². The van der Waals surface area contributed by atoms with Crippen LogP contribution in [0, 0.1) is 0 Å². The lowest BCUT2D eigenvalue weighted by atomic mass is 10.1. The molecule has 0 saturated heterocycles. The Kier molecular flexibility index (Phi) is 6.92. The molecule has 0 spiro atoms. The fourth-order valence-electron chi connectivity index (χ4n) is 2.27. The van der Waals surface area contributed by atoms with Crippen molar-refractivity contribution in [3.05, 3.63) is 54.1 Å². The summed E-state index contributed by atoms with van der Waals surface area (Å²) >= 11 is 0. The van der Waals surface area contributed by atoms with Crippen LogP contribution < -0.4 is 20.1 Å². The van der Waals surface area contributed by atoms with E-state index in [1.54, 1.807) is 43.3 Å². The molecular formula is C19H21F3N2O3. The number of halogens is 3. The Bertz CT molecular complexity index is 731. The van der Waals surface area contributed by atoms with E-state index in [0.717, 1.165) is 5.56 Å². The second-order valence-electron chi connectivity index (χ2n) is 5.75. The van der Waals surface area contributed by atoms with Crippen molar-refractivity contribution in [2.24, 2.45) is 0 Å². The zero-order valence-corrected chi connectivity index (χ0v) is 15.0. The van der Waals surface area contributed by atoms with Crippen molar-refractivity contribution in [3.8, 4) is 11.5 Å². The monoisotopic (exact) mass is 382 g/mol. The standard InChI is InChI=1S/C19H21F3N2O3/c1-3-26-16-10-6-15(7-11-16)24-18(25)23-13(2)14-4-8-17(9-5-14)27-12-19(20,21)22/h4-11,13H,3,12H2,1-2H3,(H2,23,24,25). The first-order valence-corrected chi connectivity index (χ1v) is 8.36. The van der Waals surface area contributed by atoms with Gasteiger partial charge in [0.25, 0.3) is 0 Å². The molecule has 0 aliphatic rings. The summed E-state index contributed by atoms with van der Waals surface area (Å²) in [5.74, 6) is 0.826. The summed E-state index contributed by atoms with van der Waals surface area (Å²) in [6.45, 7) is 2.87. The predicted octanol–water partition coefficient (Wildman–Crippen LogP) is 4.91. The summed E-state index contributed by atoms with van der Waals surface area (Å²) in [5, 5.41) is 5.46. The number of ether oxygens (including phenoxy) is 2. The highest BCUT2D eigenvalue weighted by Gasteiger charge is 2.28. The quantitative estimate of drug-likeness (QED) is 0.715. The molecule has 2 aromatic rings. The van der Waals surface area contributed by atoms with E-state index < -0.39 is 18.8 Å². The Morgan fingerprint density at radius 3 is 2.11 bits per heavy atom. The molecule has 1 unspecified atom stereocenters. The number of rotatable bonds is 7. The van der Waals surface area contributed by atoms with Crippen molar-refractivity contribution in [3.63, 3.8) is 0 Å². The molecule has 27 heavy (non-hydrogen) atoms. The van der Waals surface area contributed by atoms with Gasteiger partial charge in [-0.05, 0) is 55.8 Å². The number of urea groups is 1. The van der Waals surface area contributed by atoms with Gasteiger partial charge in [0.2, 0.25) is 0 Å². The van der Waals surface area contributed by atoms with Gasteiger partial charge in [-0.2, -0.15) is 13.2 Å². The summed E-state index contributed by atoms with van der Waals surface area (Å²) in [6, 6.07) is 12.3. The molecule has 146 valence electrons. The second-order valence-corrected chi connectivity index (χ2v) is 5.75. The molecule has 2 amide bonds. The minimum absolute atomic E-state index is 0.113. The van der Waals surface area contributed by atoms with Gasteiger partial charge in [0, 0.05) is 5.69 Å². The zero-order valence-electron chi connectivity index (χ0n) is 15.0. The minimum Gasteiger partial charge on any atom is -0.494 e. The Hall–Kier alpha value is -2.90. The van der Waals surface area contributed by atoms with Crippen LogP contribution in [0.15, 0.2) is 48.5 Å². The summed E-state index contributed by atoms with van der Waals surface area (Å²) in [6.07, 6.45) is -4.38. The average Bonchev–Trinajstić information content (AvgIpc) is 2.61. The molecule has 1 atom stereocenters. The molecule has 0 fully saturated rings. The van der Waals surface area contributed by atoms with Gasteiger partial charge in [-0.3, -0.25) is 0 Å². The van der Waals surface area contributed by atoms with Gasteiger partial charge in [0.15, 0.2) is 6.61 Å². The highest BCUT2D eigenvalue weighted by molar-refractivity contribution is 5.89. The largest absolute Gasteiger partial charge is 0.494 e. The van der Waals surface area contributed by atoms with Gasteiger partial charge in [-0.15, -0.1) is 0 Å². The van der Waals surface area contributed by atoms with Gasteiger partial charge in [0.1, 0.15) is 11.5 Å². The van der Waals surface area contributed by atoms with Crippen LogP contribution in [0.25, 0.3) is 0 Å². The number of benzene rings is 2. The van der Waals surface area contributed by atoms with Gasteiger partial charge >= 0.3 is 12.2 Å². The summed E-state index contributed by atoms with van der Waals surface area (Å²) < 4.78 is 46.4. The average molecular weight is 382 g/mol. The SMILES string of the molecule is CCOc1ccc(NC(=O)NC(C)c2ccc(OCC(F)(F)F)cc2)cc1. The highest BCUT2D eigenvalue weighted by Crippen LogP contribution is 2.21. The number of nitrogens with one attached hydrogen (secondary N) is 2. The first kappa shape index (κ1) is 20.4. The van der Waals surface area contributed by atoms with Crippen molar-refractivity contribution in [2.45, 2.75) is 26.1 Å². The third kappa shape index (κ3) is 7.08. The van der Waals surface area contributed by atoms with Gasteiger partial charge < -0.3 is 20.1 Å². The normalized spacial score (nSPS) is 12.2. The Balaban J connectivity index is 1.86. The van der Waals surface area contributed by atoms with E-state index in [0.29, 0.717) is 18.0 Å². The van der Waals surface area contributed by atoms with E-state index >= 15 is 0 Å². The number of anilines is 1. The minimum atomic E-state index is -4.38. The molecule has 0 aromatic heterocycles. The van der Waals surface area contributed by atoms with Crippen molar-refractivity contribution in [1.82, 2.24) is 5.32 Å². The van der Waals surface area contributed by atoms with E-state index in [1.165, 1.54) is 12.1 Å². The van der Waals surface area contributed by atoms with Crippen LogP contribution in [0.5, 0.6) is 11.5 Å². The second kappa shape index (κ2) is 9.16. The summed E-state index contributed by atoms with van der Waals surface area (Å²) in [4.78, 5) is 12.1. The molecule has 5 nitrogen and oxygen atoms in total. The Morgan fingerprint density at radius 2 is 1.56 bits per heavy atom. The predicted molar refractivity (Wildman–Crippen MR) is 96.2 cm³/mol. The fourth-order valence-corrected chi connectivity index (χ4v) is 2.27. The van der Waals surface area contributed by atoms with Gasteiger partial charge in [0.05, 0.1) is 12.6 Å². The smallest absolute Gasteiger partial charge is 0.422 e. The zero-order chi connectivity index (χ0) is 19.9. The molecule has 0 saturated carbocycles. The highest BCUT2D eigenvalue weighted by atomic mass is 19.4. The number of alkyl halides is 3. The summed E-state index contributed by atoms with van der Waals surface area (Å²) in [5.41, 5.74) is 1.34. The third-order valence-electron chi connectivity index (χ3n) is 3.55. The van der Waals surface area contributed by atoms with Crippen molar-refractivity contribution in [1.29, 1.82) is 0 Å². The van der Waals surface area contributed by atoms with Gasteiger partial charge in [-0.1, -0.05) is 12.1 Å². The van der Waals surface area contributed by atoms with E-state index in [2.05, 4.69) is 15.4 Å². The Labute approximate surface area is 155 Å². The molecule has 0 aliphatic heterocycles. The third-order valence-corrected chi connectivity index (χ3v) is 3.55. The first-order chi connectivity index (χ1) is 12.8. The first-order valence-electron chi connectivity index (χ1n) is 8.36.